The van der Waals surface area contributed by atoms with Crippen LogP contribution in [0.4, 0.5) is 0 Å². The minimum Gasteiger partial charge on any atom is -0.354 e. The van der Waals surface area contributed by atoms with Gasteiger partial charge in [-0.3, -0.25) is 19.5 Å². The van der Waals surface area contributed by atoms with E-state index < -0.39 is 6.04 Å². The fourth-order valence-electron chi connectivity index (χ4n) is 6.69. The van der Waals surface area contributed by atoms with Gasteiger partial charge in [-0.1, -0.05) is 61.0 Å². The van der Waals surface area contributed by atoms with E-state index in [-0.39, 0.29) is 17.9 Å². The topological polar surface area (TPSA) is 91.6 Å². The third kappa shape index (κ3) is 7.64. The molecule has 4 unspecified atom stereocenters. The first-order valence-electron chi connectivity index (χ1n) is 15.5. The Hall–Kier alpha value is -3.55. The second-order valence-corrected chi connectivity index (χ2v) is 12.1. The summed E-state index contributed by atoms with van der Waals surface area (Å²) in [5.74, 6) is 0.799. The summed E-state index contributed by atoms with van der Waals surface area (Å²) in [4.78, 5) is 36.0. The molecule has 2 aliphatic rings. The smallest absolute Gasteiger partial charge is 0.256 e. The molecule has 1 aliphatic heterocycles. The molecule has 1 aliphatic carbocycles. The number of rotatable bonds is 11. The summed E-state index contributed by atoms with van der Waals surface area (Å²) in [6.07, 6.45) is 9.29. The number of aryl methyl sites for hydroxylation is 1. The quantitative estimate of drug-likeness (QED) is 0.354. The lowest BCUT2D eigenvalue weighted by Crippen LogP contribution is -2.47. The summed E-state index contributed by atoms with van der Waals surface area (Å²) in [5.41, 5.74) is 10.3. The molecule has 1 saturated carbocycles. The molecule has 0 spiro atoms. The van der Waals surface area contributed by atoms with Gasteiger partial charge in [-0.2, -0.15) is 0 Å². The predicted octanol–water partition coefficient (Wildman–Crippen LogP) is 4.60. The van der Waals surface area contributed by atoms with Gasteiger partial charge in [0.2, 0.25) is 5.91 Å². The molecule has 0 radical (unpaired) electrons. The Morgan fingerprint density at radius 2 is 1.79 bits per heavy atom. The second kappa shape index (κ2) is 14.6. The number of pyridine rings is 1. The highest BCUT2D eigenvalue weighted by Crippen LogP contribution is 2.29. The van der Waals surface area contributed by atoms with Crippen molar-refractivity contribution in [2.24, 2.45) is 17.6 Å². The van der Waals surface area contributed by atoms with E-state index in [1.165, 1.54) is 23.1 Å². The van der Waals surface area contributed by atoms with E-state index in [4.69, 9.17) is 5.73 Å². The number of carbonyl (C=O) groups is 2. The number of nitrogens with zero attached hydrogens (tertiary/aromatic N) is 3. The van der Waals surface area contributed by atoms with Crippen molar-refractivity contribution in [3.8, 4) is 0 Å². The van der Waals surface area contributed by atoms with Crippen LogP contribution < -0.4 is 11.1 Å². The zero-order chi connectivity index (χ0) is 29.3. The molecule has 1 aromatic heterocycles. The fourth-order valence-corrected chi connectivity index (χ4v) is 6.69. The average molecular weight is 568 g/mol. The van der Waals surface area contributed by atoms with Crippen LogP contribution in [0.25, 0.3) is 0 Å². The Morgan fingerprint density at radius 1 is 1.00 bits per heavy atom. The van der Waals surface area contributed by atoms with Crippen molar-refractivity contribution >= 4 is 11.8 Å². The molecule has 7 heteroatoms. The number of nitrogens with one attached hydrogen (secondary N) is 1. The van der Waals surface area contributed by atoms with Crippen LogP contribution in [0.2, 0.25) is 0 Å². The van der Waals surface area contributed by atoms with Crippen molar-refractivity contribution in [1.82, 2.24) is 20.1 Å². The predicted molar refractivity (Wildman–Crippen MR) is 167 cm³/mol. The summed E-state index contributed by atoms with van der Waals surface area (Å²) in [6.45, 7) is 5.62. The molecule has 4 atom stereocenters. The van der Waals surface area contributed by atoms with E-state index >= 15 is 0 Å². The van der Waals surface area contributed by atoms with Gasteiger partial charge in [-0.15, -0.1) is 0 Å². The number of likely N-dealkylation sites (tertiary alicyclic amines) is 1. The molecule has 2 fully saturated rings. The van der Waals surface area contributed by atoms with Crippen molar-refractivity contribution in [3.63, 3.8) is 0 Å². The van der Waals surface area contributed by atoms with Crippen LogP contribution >= 0.6 is 0 Å². The number of hydrogen-bond acceptors (Lipinski definition) is 5. The normalized spacial score (nSPS) is 22.3. The molecule has 42 heavy (non-hydrogen) atoms. The van der Waals surface area contributed by atoms with Crippen LogP contribution in [-0.4, -0.2) is 64.9 Å². The molecule has 7 nitrogen and oxygen atoms in total. The van der Waals surface area contributed by atoms with Crippen molar-refractivity contribution in [2.75, 3.05) is 26.2 Å². The first-order valence-corrected chi connectivity index (χ1v) is 15.5. The van der Waals surface area contributed by atoms with E-state index in [0.29, 0.717) is 43.5 Å². The highest BCUT2D eigenvalue weighted by Gasteiger charge is 2.42. The molecule has 2 amide bonds. The largest absolute Gasteiger partial charge is 0.354 e. The number of carbonyl (C=O) groups excluding carboxylic acids is 2. The van der Waals surface area contributed by atoms with E-state index in [2.05, 4.69) is 70.7 Å². The van der Waals surface area contributed by atoms with Crippen LogP contribution in [0.3, 0.4) is 0 Å². The van der Waals surface area contributed by atoms with Gasteiger partial charge in [0, 0.05) is 44.6 Å². The Labute approximate surface area is 250 Å². The molecule has 222 valence electrons. The molecule has 3 N–H and O–H groups in total. The Kier molecular flexibility index (Phi) is 10.4. The van der Waals surface area contributed by atoms with E-state index in [0.717, 1.165) is 38.8 Å². The van der Waals surface area contributed by atoms with E-state index in [1.54, 1.807) is 29.4 Å². The third-order valence-electron chi connectivity index (χ3n) is 9.22. The number of hydrogen-bond donors (Lipinski definition) is 2. The molecule has 2 aromatic carbocycles. The first kappa shape index (κ1) is 29.9. The molecular formula is C35H45N5O2. The first-order chi connectivity index (χ1) is 20.5. The molecule has 2 heterocycles. The maximum Gasteiger partial charge on any atom is 0.256 e. The SMILES string of the molecule is Cc1ccccc1CN(CCc1ccccc1)C1CC(C(=O)NCC2CCCC(CN)C2)N(C(=O)c2cccnc2)C1. The molecular weight excluding hydrogens is 522 g/mol. The molecule has 5 rings (SSSR count). The van der Waals surface area contributed by atoms with Crippen LogP contribution in [0.5, 0.6) is 0 Å². The highest BCUT2D eigenvalue weighted by molar-refractivity contribution is 5.97. The standard InChI is InChI=1S/C35H45N5O2/c1-26-9-5-6-14-31(26)24-39(18-16-27-10-3-2-4-11-27)32-20-33(40(25-32)35(42)30-15-8-17-37-23-30)34(41)38-22-29-13-7-12-28(19-29)21-36/h2-6,8-11,14-15,17,23,28-29,32-33H,7,12-13,16,18-22,24-25,36H2,1H3,(H,38,41). The number of nitrogens with two attached hydrogens (primary N) is 1. The van der Waals surface area contributed by atoms with Crippen molar-refractivity contribution < 1.29 is 9.59 Å². The van der Waals surface area contributed by atoms with Crippen molar-refractivity contribution in [2.45, 2.75) is 64.1 Å². The Balaban J connectivity index is 1.35. The van der Waals surface area contributed by atoms with Gasteiger partial charge in [0.25, 0.3) is 5.91 Å². The summed E-state index contributed by atoms with van der Waals surface area (Å²) in [6, 6.07) is 22.1. The summed E-state index contributed by atoms with van der Waals surface area (Å²) >= 11 is 0. The van der Waals surface area contributed by atoms with Crippen LogP contribution in [0.1, 0.15) is 59.2 Å². The van der Waals surface area contributed by atoms with Crippen LogP contribution in [-0.2, 0) is 17.8 Å². The van der Waals surface area contributed by atoms with Crippen LogP contribution in [0.15, 0.2) is 79.1 Å². The Bertz CT molecular complexity index is 1300. The van der Waals surface area contributed by atoms with Crippen molar-refractivity contribution in [3.05, 3.63) is 101 Å². The summed E-state index contributed by atoms with van der Waals surface area (Å²) < 4.78 is 0. The third-order valence-corrected chi connectivity index (χ3v) is 9.22. The average Bonchev–Trinajstić information content (AvgIpc) is 3.49. The van der Waals surface area contributed by atoms with Crippen LogP contribution in [0, 0.1) is 18.8 Å². The van der Waals surface area contributed by atoms with Gasteiger partial charge in [-0.25, -0.2) is 0 Å². The van der Waals surface area contributed by atoms with Crippen molar-refractivity contribution in [1.29, 1.82) is 0 Å². The lowest BCUT2D eigenvalue weighted by Gasteiger charge is -2.30. The Morgan fingerprint density at radius 3 is 2.55 bits per heavy atom. The van der Waals surface area contributed by atoms with Gasteiger partial charge in [0.05, 0.1) is 5.56 Å². The minimum atomic E-state index is -0.521. The molecule has 3 aromatic rings. The monoisotopic (exact) mass is 567 g/mol. The van der Waals surface area contributed by atoms with Gasteiger partial charge in [-0.05, 0) is 86.2 Å². The zero-order valence-electron chi connectivity index (χ0n) is 24.8. The molecule has 0 bridgehead atoms. The summed E-state index contributed by atoms with van der Waals surface area (Å²) in [5, 5.41) is 3.24. The van der Waals surface area contributed by atoms with Gasteiger partial charge in [0.1, 0.15) is 6.04 Å². The zero-order valence-corrected chi connectivity index (χ0v) is 24.8. The number of benzene rings is 2. The minimum absolute atomic E-state index is 0.0523. The maximum atomic E-state index is 13.8. The van der Waals surface area contributed by atoms with E-state index in [9.17, 15) is 9.59 Å². The fraction of sp³-hybridized carbons (Fsp3) is 0.457. The van der Waals surface area contributed by atoms with Gasteiger partial charge >= 0.3 is 0 Å². The number of amides is 2. The van der Waals surface area contributed by atoms with Gasteiger partial charge in [0.15, 0.2) is 0 Å². The lowest BCUT2D eigenvalue weighted by molar-refractivity contribution is -0.125. The molecule has 1 saturated heterocycles. The second-order valence-electron chi connectivity index (χ2n) is 12.1. The highest BCUT2D eigenvalue weighted by atomic mass is 16.2. The summed E-state index contributed by atoms with van der Waals surface area (Å²) in [7, 11) is 0. The lowest BCUT2D eigenvalue weighted by atomic mass is 9.81. The van der Waals surface area contributed by atoms with E-state index in [1.807, 2.05) is 6.07 Å². The maximum absolute atomic E-state index is 13.8. The number of aromatic nitrogens is 1. The van der Waals surface area contributed by atoms with Gasteiger partial charge < -0.3 is 16.0 Å².